The molecule has 0 radical (unpaired) electrons. The summed E-state index contributed by atoms with van der Waals surface area (Å²) in [5, 5.41) is 8.51. The van der Waals surface area contributed by atoms with Gasteiger partial charge in [-0.1, -0.05) is 11.6 Å². The minimum atomic E-state index is -3.87. The Bertz CT molecular complexity index is 589. The maximum Gasteiger partial charge on any atom is 0.337 e. The van der Waals surface area contributed by atoms with Gasteiger partial charge in [-0.25, -0.2) is 17.9 Å². The van der Waals surface area contributed by atoms with Gasteiger partial charge in [-0.15, -0.1) is 0 Å². The number of aliphatic hydroxyl groups excluding tert-OH is 1. The largest absolute Gasteiger partial charge is 0.465 e. The van der Waals surface area contributed by atoms with Crippen molar-refractivity contribution in [3.05, 3.63) is 28.8 Å². The van der Waals surface area contributed by atoms with Gasteiger partial charge < -0.3 is 14.6 Å². The lowest BCUT2D eigenvalue weighted by atomic mass is 10.2. The molecule has 0 saturated heterocycles. The average Bonchev–Trinajstić information content (AvgIpc) is 2.46. The zero-order valence-corrected chi connectivity index (χ0v) is 12.9. The standard InChI is InChI=1S/C12H16ClNO6S/c1-19-12(16)9-2-3-10(13)11(8-9)21(17,18)14-4-6-20-7-5-15/h2-3,8,14-15H,4-7H2,1H3. The summed E-state index contributed by atoms with van der Waals surface area (Å²) in [5.41, 5.74) is 0.0822. The fraction of sp³-hybridized carbons (Fsp3) is 0.417. The van der Waals surface area contributed by atoms with Crippen LogP contribution in [-0.2, 0) is 19.5 Å². The van der Waals surface area contributed by atoms with Crippen molar-refractivity contribution in [3.63, 3.8) is 0 Å². The van der Waals surface area contributed by atoms with Crippen LogP contribution in [0.25, 0.3) is 0 Å². The molecule has 1 rings (SSSR count). The van der Waals surface area contributed by atoms with Crippen LogP contribution >= 0.6 is 11.6 Å². The SMILES string of the molecule is COC(=O)c1ccc(Cl)c(S(=O)(=O)NCCOCCO)c1. The lowest BCUT2D eigenvalue weighted by Gasteiger charge is -2.09. The molecular weight excluding hydrogens is 322 g/mol. The zero-order valence-electron chi connectivity index (χ0n) is 11.3. The van der Waals surface area contributed by atoms with Gasteiger partial charge in [0, 0.05) is 6.54 Å². The molecule has 0 unspecified atom stereocenters. The second-order valence-corrected chi connectivity index (χ2v) is 6.01. The molecule has 1 aromatic rings. The van der Waals surface area contributed by atoms with Crippen molar-refractivity contribution in [3.8, 4) is 0 Å². The van der Waals surface area contributed by atoms with Gasteiger partial charge in [-0.2, -0.15) is 0 Å². The van der Waals surface area contributed by atoms with E-state index in [-0.39, 0.29) is 41.8 Å². The zero-order chi connectivity index (χ0) is 15.9. The molecule has 0 bridgehead atoms. The number of hydrogen-bond donors (Lipinski definition) is 2. The molecule has 0 aliphatic carbocycles. The monoisotopic (exact) mass is 337 g/mol. The van der Waals surface area contributed by atoms with Crippen molar-refractivity contribution in [2.24, 2.45) is 0 Å². The number of esters is 1. The Labute approximate surface area is 127 Å². The second kappa shape index (κ2) is 8.30. The number of sulfonamides is 1. The van der Waals surface area contributed by atoms with Gasteiger partial charge in [-0.05, 0) is 18.2 Å². The van der Waals surface area contributed by atoms with Gasteiger partial charge in [0.25, 0.3) is 0 Å². The van der Waals surface area contributed by atoms with Crippen LogP contribution in [0.15, 0.2) is 23.1 Å². The van der Waals surface area contributed by atoms with Gasteiger partial charge in [0.2, 0.25) is 10.0 Å². The van der Waals surface area contributed by atoms with E-state index in [1.807, 2.05) is 0 Å². The molecule has 21 heavy (non-hydrogen) atoms. The molecule has 7 nitrogen and oxygen atoms in total. The van der Waals surface area contributed by atoms with Crippen LogP contribution in [0.2, 0.25) is 5.02 Å². The number of methoxy groups -OCH3 is 1. The number of ether oxygens (including phenoxy) is 2. The quantitative estimate of drug-likeness (QED) is 0.526. The Morgan fingerprint density at radius 2 is 2.10 bits per heavy atom. The van der Waals surface area contributed by atoms with E-state index in [1.165, 1.54) is 19.2 Å². The van der Waals surface area contributed by atoms with Gasteiger partial charge in [0.05, 0.1) is 37.5 Å². The number of carbonyl (C=O) groups excluding carboxylic acids is 1. The van der Waals surface area contributed by atoms with Crippen LogP contribution in [0.5, 0.6) is 0 Å². The summed E-state index contributed by atoms with van der Waals surface area (Å²) < 4.78 is 35.9. The molecule has 0 atom stereocenters. The summed E-state index contributed by atoms with van der Waals surface area (Å²) in [7, 11) is -2.68. The molecule has 1 aromatic carbocycles. The molecule has 0 aliphatic rings. The molecule has 2 N–H and O–H groups in total. The summed E-state index contributed by atoms with van der Waals surface area (Å²) in [6.45, 7) is 0.106. The maximum absolute atomic E-state index is 12.1. The van der Waals surface area contributed by atoms with Crippen molar-refractivity contribution in [2.45, 2.75) is 4.90 Å². The fourth-order valence-corrected chi connectivity index (χ4v) is 2.98. The predicted octanol–water partition coefficient (Wildman–Crippen LogP) is 0.414. The average molecular weight is 338 g/mol. The van der Waals surface area contributed by atoms with Gasteiger partial charge in [0.1, 0.15) is 4.90 Å². The van der Waals surface area contributed by atoms with Crippen molar-refractivity contribution >= 4 is 27.6 Å². The van der Waals surface area contributed by atoms with Crippen molar-refractivity contribution in [1.82, 2.24) is 4.72 Å². The summed E-state index contributed by atoms with van der Waals surface area (Å²) in [6.07, 6.45) is 0. The number of rotatable bonds is 8. The van der Waals surface area contributed by atoms with Crippen LogP contribution in [0.4, 0.5) is 0 Å². The first-order valence-electron chi connectivity index (χ1n) is 5.98. The first-order chi connectivity index (χ1) is 9.92. The highest BCUT2D eigenvalue weighted by atomic mass is 35.5. The van der Waals surface area contributed by atoms with Crippen molar-refractivity contribution in [1.29, 1.82) is 0 Å². The van der Waals surface area contributed by atoms with E-state index in [9.17, 15) is 13.2 Å². The minimum Gasteiger partial charge on any atom is -0.465 e. The van der Waals surface area contributed by atoms with Crippen LogP contribution in [0.1, 0.15) is 10.4 Å². The summed E-state index contributed by atoms with van der Waals surface area (Å²) in [4.78, 5) is 11.2. The Hall–Kier alpha value is -1.19. The van der Waals surface area contributed by atoms with E-state index in [4.69, 9.17) is 21.4 Å². The number of halogens is 1. The van der Waals surface area contributed by atoms with Crippen molar-refractivity contribution in [2.75, 3.05) is 33.5 Å². The second-order valence-electron chi connectivity index (χ2n) is 3.87. The topological polar surface area (TPSA) is 102 Å². The van der Waals surface area contributed by atoms with Gasteiger partial charge in [-0.3, -0.25) is 0 Å². The molecule has 0 aromatic heterocycles. The van der Waals surface area contributed by atoms with E-state index in [1.54, 1.807) is 0 Å². The van der Waals surface area contributed by atoms with E-state index < -0.39 is 16.0 Å². The van der Waals surface area contributed by atoms with Crippen LogP contribution < -0.4 is 4.72 Å². The normalized spacial score (nSPS) is 11.4. The van der Waals surface area contributed by atoms with Crippen LogP contribution in [-0.4, -0.2) is 53.0 Å². The summed E-state index contributed by atoms with van der Waals surface area (Å²) >= 11 is 5.86. The van der Waals surface area contributed by atoms with E-state index >= 15 is 0 Å². The highest BCUT2D eigenvalue weighted by Crippen LogP contribution is 2.22. The van der Waals surface area contributed by atoms with Crippen LogP contribution in [0.3, 0.4) is 0 Å². The first-order valence-corrected chi connectivity index (χ1v) is 7.84. The highest BCUT2D eigenvalue weighted by Gasteiger charge is 2.20. The van der Waals surface area contributed by atoms with Crippen LogP contribution in [0, 0.1) is 0 Å². The van der Waals surface area contributed by atoms with Gasteiger partial charge >= 0.3 is 5.97 Å². The number of nitrogens with one attached hydrogen (secondary N) is 1. The summed E-state index contributed by atoms with van der Waals surface area (Å²) in [5.74, 6) is -0.658. The highest BCUT2D eigenvalue weighted by molar-refractivity contribution is 7.89. The van der Waals surface area contributed by atoms with E-state index in [2.05, 4.69) is 9.46 Å². The van der Waals surface area contributed by atoms with E-state index in [0.717, 1.165) is 6.07 Å². The molecule has 118 valence electrons. The lowest BCUT2D eigenvalue weighted by Crippen LogP contribution is -2.28. The van der Waals surface area contributed by atoms with Crippen molar-refractivity contribution < 1.29 is 27.8 Å². The first kappa shape index (κ1) is 17.9. The molecule has 0 aliphatic heterocycles. The number of carbonyl (C=O) groups is 1. The maximum atomic E-state index is 12.1. The molecule has 0 heterocycles. The predicted molar refractivity (Wildman–Crippen MR) is 75.9 cm³/mol. The summed E-state index contributed by atoms with van der Waals surface area (Å²) in [6, 6.07) is 3.83. The molecule has 0 saturated carbocycles. The van der Waals surface area contributed by atoms with E-state index in [0.29, 0.717) is 0 Å². The molecule has 9 heteroatoms. The number of aliphatic hydroxyl groups is 1. The molecule has 0 fully saturated rings. The molecular formula is C12H16ClNO6S. The Morgan fingerprint density at radius 3 is 2.71 bits per heavy atom. The third kappa shape index (κ3) is 5.25. The lowest BCUT2D eigenvalue weighted by molar-refractivity contribution is 0.0600. The minimum absolute atomic E-state index is 0.00794. The third-order valence-electron chi connectivity index (χ3n) is 2.42. The number of hydrogen-bond acceptors (Lipinski definition) is 6. The third-order valence-corrected chi connectivity index (χ3v) is 4.36. The molecule has 0 spiro atoms. The Morgan fingerprint density at radius 1 is 1.38 bits per heavy atom. The number of benzene rings is 1. The molecule has 0 amide bonds. The van der Waals surface area contributed by atoms with Gasteiger partial charge in [0.15, 0.2) is 0 Å². The Balaban J connectivity index is 2.84. The smallest absolute Gasteiger partial charge is 0.337 e. The Kier molecular flexibility index (Phi) is 7.06. The fourth-order valence-electron chi connectivity index (χ4n) is 1.45.